The highest BCUT2D eigenvalue weighted by molar-refractivity contribution is 5.69. The second kappa shape index (κ2) is 5.61. The van der Waals surface area contributed by atoms with E-state index in [-0.39, 0.29) is 6.42 Å². The summed E-state index contributed by atoms with van der Waals surface area (Å²) in [5.74, 6) is -0.299. The largest absolute Gasteiger partial charge is 0.481 e. The highest BCUT2D eigenvalue weighted by atomic mass is 16.6. The van der Waals surface area contributed by atoms with Crippen LogP contribution in [0.15, 0.2) is 12.1 Å². The molecular weight excluding hydrogens is 244 g/mol. The normalized spacial score (nSPS) is 13.2. The Balaban J connectivity index is 3.35. The van der Waals surface area contributed by atoms with E-state index in [1.54, 1.807) is 0 Å². The smallest absolute Gasteiger partial charge is 0.304 e. The van der Waals surface area contributed by atoms with E-state index in [4.69, 9.17) is 9.84 Å². The van der Waals surface area contributed by atoms with Crippen LogP contribution in [0.2, 0.25) is 0 Å². The molecule has 19 heavy (non-hydrogen) atoms. The molecule has 4 nitrogen and oxygen atoms in total. The molecule has 0 saturated heterocycles. The van der Waals surface area contributed by atoms with Gasteiger partial charge in [0.15, 0.2) is 6.29 Å². The number of aryl methyl sites for hydroxylation is 2. The molecule has 0 unspecified atom stereocenters. The SMILES string of the molecule is Cc1cc(C)c(C(C)(C)CC(=O)O)c(O[C@H](C)O)c1. The van der Waals surface area contributed by atoms with Crippen LogP contribution in [0, 0.1) is 13.8 Å². The van der Waals surface area contributed by atoms with Gasteiger partial charge in [0.1, 0.15) is 5.75 Å². The van der Waals surface area contributed by atoms with Gasteiger partial charge in [0, 0.05) is 11.0 Å². The first-order valence-electron chi connectivity index (χ1n) is 6.31. The molecule has 0 fully saturated rings. The maximum absolute atomic E-state index is 11.0. The Bertz CT molecular complexity index is 475. The molecule has 0 spiro atoms. The van der Waals surface area contributed by atoms with Gasteiger partial charge in [-0.15, -0.1) is 0 Å². The molecule has 0 aliphatic carbocycles. The summed E-state index contributed by atoms with van der Waals surface area (Å²) in [6.07, 6.45) is -0.923. The van der Waals surface area contributed by atoms with Gasteiger partial charge in [0.25, 0.3) is 0 Å². The first-order chi connectivity index (χ1) is 8.63. The molecule has 1 rings (SSSR count). The molecule has 106 valence electrons. The van der Waals surface area contributed by atoms with E-state index in [0.717, 1.165) is 16.7 Å². The number of rotatable bonds is 5. The minimum atomic E-state index is -0.930. The summed E-state index contributed by atoms with van der Waals surface area (Å²) < 4.78 is 5.44. The number of aliphatic carboxylic acids is 1. The molecule has 0 aliphatic rings. The van der Waals surface area contributed by atoms with E-state index >= 15 is 0 Å². The van der Waals surface area contributed by atoms with Crippen LogP contribution >= 0.6 is 0 Å². The topological polar surface area (TPSA) is 66.8 Å². The Morgan fingerprint density at radius 1 is 1.37 bits per heavy atom. The molecule has 0 radical (unpaired) electrons. The summed E-state index contributed by atoms with van der Waals surface area (Å²) in [6.45, 7) is 9.14. The lowest BCUT2D eigenvalue weighted by molar-refractivity contribution is -0.138. The zero-order valence-corrected chi connectivity index (χ0v) is 12.2. The number of aliphatic hydroxyl groups excluding tert-OH is 1. The van der Waals surface area contributed by atoms with Crippen molar-refractivity contribution in [2.24, 2.45) is 0 Å². The van der Waals surface area contributed by atoms with Gasteiger partial charge in [-0.2, -0.15) is 0 Å². The van der Waals surface area contributed by atoms with E-state index < -0.39 is 17.7 Å². The fourth-order valence-electron chi connectivity index (χ4n) is 2.54. The lowest BCUT2D eigenvalue weighted by Gasteiger charge is -2.28. The van der Waals surface area contributed by atoms with Crippen LogP contribution in [0.25, 0.3) is 0 Å². The first-order valence-corrected chi connectivity index (χ1v) is 6.31. The summed E-state index contributed by atoms with van der Waals surface area (Å²) in [5.41, 5.74) is 2.26. The molecule has 1 aromatic carbocycles. The third-order valence-electron chi connectivity index (χ3n) is 3.01. The van der Waals surface area contributed by atoms with Crippen LogP contribution in [0.5, 0.6) is 5.75 Å². The molecule has 0 aliphatic heterocycles. The van der Waals surface area contributed by atoms with E-state index in [0.29, 0.717) is 5.75 Å². The summed E-state index contributed by atoms with van der Waals surface area (Å²) >= 11 is 0. The summed E-state index contributed by atoms with van der Waals surface area (Å²) in [6, 6.07) is 3.83. The van der Waals surface area contributed by atoms with Gasteiger partial charge in [-0.1, -0.05) is 19.9 Å². The number of aliphatic hydroxyl groups is 1. The molecule has 0 bridgehead atoms. The molecule has 0 heterocycles. The third-order valence-corrected chi connectivity index (χ3v) is 3.01. The second-order valence-corrected chi connectivity index (χ2v) is 5.63. The molecule has 1 aromatic rings. The van der Waals surface area contributed by atoms with E-state index in [1.807, 2.05) is 39.8 Å². The van der Waals surface area contributed by atoms with E-state index in [2.05, 4.69) is 0 Å². The average molecular weight is 266 g/mol. The van der Waals surface area contributed by atoms with Gasteiger partial charge < -0.3 is 14.9 Å². The lowest BCUT2D eigenvalue weighted by Crippen LogP contribution is -2.25. The number of benzene rings is 1. The number of carboxylic acid groups (broad SMARTS) is 1. The molecule has 0 amide bonds. The third kappa shape index (κ3) is 3.96. The Morgan fingerprint density at radius 2 is 1.95 bits per heavy atom. The minimum absolute atomic E-state index is 0.00701. The molecule has 2 N–H and O–H groups in total. The average Bonchev–Trinajstić information content (AvgIpc) is 2.10. The van der Waals surface area contributed by atoms with Crippen LogP contribution < -0.4 is 4.74 Å². The van der Waals surface area contributed by atoms with Crippen LogP contribution in [-0.4, -0.2) is 22.5 Å². The van der Waals surface area contributed by atoms with Gasteiger partial charge in [0.2, 0.25) is 0 Å². The fourth-order valence-corrected chi connectivity index (χ4v) is 2.54. The van der Waals surface area contributed by atoms with Crippen molar-refractivity contribution in [3.05, 3.63) is 28.8 Å². The Hall–Kier alpha value is -1.55. The van der Waals surface area contributed by atoms with Gasteiger partial charge in [-0.05, 0) is 38.0 Å². The van der Waals surface area contributed by atoms with Gasteiger partial charge in [-0.3, -0.25) is 4.79 Å². The van der Waals surface area contributed by atoms with Gasteiger partial charge >= 0.3 is 5.97 Å². The molecular formula is C15H22O4. The number of carbonyl (C=O) groups is 1. The second-order valence-electron chi connectivity index (χ2n) is 5.63. The number of hydrogen-bond acceptors (Lipinski definition) is 3. The highest BCUT2D eigenvalue weighted by Crippen LogP contribution is 2.38. The van der Waals surface area contributed by atoms with Crippen LogP contribution in [0.4, 0.5) is 0 Å². The summed E-state index contributed by atoms with van der Waals surface area (Å²) in [7, 11) is 0. The summed E-state index contributed by atoms with van der Waals surface area (Å²) in [5, 5.41) is 18.5. The predicted molar refractivity (Wildman–Crippen MR) is 73.5 cm³/mol. The zero-order valence-electron chi connectivity index (χ0n) is 12.2. The van der Waals surface area contributed by atoms with Gasteiger partial charge in [-0.25, -0.2) is 0 Å². The van der Waals surface area contributed by atoms with Crippen molar-refractivity contribution in [1.29, 1.82) is 0 Å². The van der Waals surface area contributed by atoms with Crippen molar-refractivity contribution in [2.75, 3.05) is 0 Å². The predicted octanol–water partition coefficient (Wildman–Crippen LogP) is 2.77. The van der Waals surface area contributed by atoms with Crippen molar-refractivity contribution >= 4 is 5.97 Å². The van der Waals surface area contributed by atoms with Crippen LogP contribution in [0.1, 0.15) is 43.9 Å². The van der Waals surface area contributed by atoms with Crippen LogP contribution in [0.3, 0.4) is 0 Å². The van der Waals surface area contributed by atoms with Crippen molar-refractivity contribution in [3.8, 4) is 5.75 Å². The Morgan fingerprint density at radius 3 is 2.42 bits per heavy atom. The molecule has 0 aromatic heterocycles. The zero-order chi connectivity index (χ0) is 14.8. The van der Waals surface area contributed by atoms with Crippen molar-refractivity contribution in [3.63, 3.8) is 0 Å². The first kappa shape index (κ1) is 15.5. The Labute approximate surface area is 114 Å². The van der Waals surface area contributed by atoms with Crippen molar-refractivity contribution < 1.29 is 19.7 Å². The number of carboxylic acids is 1. The summed E-state index contributed by atoms with van der Waals surface area (Å²) in [4.78, 5) is 11.0. The van der Waals surface area contributed by atoms with Gasteiger partial charge in [0.05, 0.1) is 6.42 Å². The molecule has 0 saturated carbocycles. The standard InChI is InChI=1S/C15H22O4/c1-9-6-10(2)14(12(7-9)19-11(3)16)15(4,5)8-13(17)18/h6-7,11,16H,8H2,1-5H3,(H,17,18)/t11-/m1/s1. The quantitative estimate of drug-likeness (QED) is 0.804. The lowest BCUT2D eigenvalue weighted by atomic mass is 9.78. The fraction of sp³-hybridized carbons (Fsp3) is 0.533. The molecule has 1 atom stereocenters. The molecule has 4 heteroatoms. The highest BCUT2D eigenvalue weighted by Gasteiger charge is 2.29. The number of hydrogen-bond donors (Lipinski definition) is 2. The minimum Gasteiger partial charge on any atom is -0.481 e. The van der Waals surface area contributed by atoms with Crippen LogP contribution in [-0.2, 0) is 10.2 Å². The monoisotopic (exact) mass is 266 g/mol. The van der Waals surface area contributed by atoms with E-state index in [1.165, 1.54) is 6.92 Å². The van der Waals surface area contributed by atoms with Crippen molar-refractivity contribution in [1.82, 2.24) is 0 Å². The number of ether oxygens (including phenoxy) is 1. The Kier molecular flexibility index (Phi) is 4.58. The maximum Gasteiger partial charge on any atom is 0.304 e. The van der Waals surface area contributed by atoms with E-state index in [9.17, 15) is 9.90 Å². The maximum atomic E-state index is 11.0. The van der Waals surface area contributed by atoms with Crippen molar-refractivity contribution in [2.45, 2.75) is 52.7 Å².